The highest BCUT2D eigenvalue weighted by Gasteiger charge is 2.34. The Kier molecular flexibility index (Phi) is 6.82. The van der Waals surface area contributed by atoms with Gasteiger partial charge in [-0.2, -0.15) is 13.2 Å². The Morgan fingerprint density at radius 2 is 2.08 bits per heavy atom. The number of alkyl halides is 3. The van der Waals surface area contributed by atoms with Crippen molar-refractivity contribution >= 4 is 29.2 Å². The van der Waals surface area contributed by atoms with E-state index in [-0.39, 0.29) is 18.0 Å². The van der Waals surface area contributed by atoms with Crippen LogP contribution in [0.2, 0.25) is 10.0 Å². The lowest BCUT2D eigenvalue weighted by Gasteiger charge is -2.19. The van der Waals surface area contributed by atoms with E-state index in [4.69, 9.17) is 23.2 Å². The molecule has 1 aromatic carbocycles. The molecule has 9 heteroatoms. The number of amides is 2. The van der Waals surface area contributed by atoms with Crippen molar-refractivity contribution in [1.29, 1.82) is 0 Å². The molecule has 0 aliphatic carbocycles. The van der Waals surface area contributed by atoms with Gasteiger partial charge in [-0.05, 0) is 43.5 Å². The number of benzene rings is 1. The van der Waals surface area contributed by atoms with Crippen molar-refractivity contribution in [2.45, 2.75) is 25.6 Å². The molecule has 0 saturated carbocycles. The fourth-order valence-corrected chi connectivity index (χ4v) is 3.13. The minimum absolute atomic E-state index is 0.0217. The Hall–Kier alpha value is -1.18. The lowest BCUT2D eigenvalue weighted by Crippen LogP contribution is -2.40. The topological polar surface area (TPSA) is 44.4 Å². The first-order valence-electron chi connectivity index (χ1n) is 7.92. The Bertz CT molecular complexity index is 613. The van der Waals surface area contributed by atoms with Gasteiger partial charge >= 0.3 is 12.2 Å². The van der Waals surface area contributed by atoms with Crippen molar-refractivity contribution in [1.82, 2.24) is 15.5 Å². The number of halogens is 5. The first kappa shape index (κ1) is 20.1. The van der Waals surface area contributed by atoms with Crippen LogP contribution in [0, 0.1) is 5.92 Å². The van der Waals surface area contributed by atoms with E-state index in [0.29, 0.717) is 36.1 Å². The summed E-state index contributed by atoms with van der Waals surface area (Å²) in [4.78, 5) is 13.3. The molecule has 0 bridgehead atoms. The summed E-state index contributed by atoms with van der Waals surface area (Å²) in [6.45, 7) is 1.98. The van der Waals surface area contributed by atoms with Crippen LogP contribution in [0.1, 0.15) is 24.9 Å². The number of hydrogen-bond acceptors (Lipinski definition) is 2. The highest BCUT2D eigenvalue weighted by molar-refractivity contribution is 6.42. The third-order valence-corrected chi connectivity index (χ3v) is 4.85. The first-order valence-corrected chi connectivity index (χ1v) is 8.68. The zero-order chi connectivity index (χ0) is 18.6. The van der Waals surface area contributed by atoms with Crippen LogP contribution in [-0.4, -0.2) is 43.3 Å². The van der Waals surface area contributed by atoms with Crippen molar-refractivity contribution < 1.29 is 18.0 Å². The van der Waals surface area contributed by atoms with E-state index < -0.39 is 12.7 Å². The van der Waals surface area contributed by atoms with Crippen LogP contribution >= 0.6 is 23.2 Å². The van der Waals surface area contributed by atoms with Crippen molar-refractivity contribution in [2.75, 3.05) is 26.2 Å². The average molecular weight is 398 g/mol. The highest BCUT2D eigenvalue weighted by atomic mass is 35.5. The van der Waals surface area contributed by atoms with E-state index in [1.54, 1.807) is 25.1 Å². The van der Waals surface area contributed by atoms with Crippen LogP contribution in [-0.2, 0) is 0 Å². The number of hydrogen-bond donors (Lipinski definition) is 2. The predicted molar refractivity (Wildman–Crippen MR) is 92.0 cm³/mol. The number of nitrogens with zero attached hydrogens (tertiary/aromatic N) is 1. The fourth-order valence-electron chi connectivity index (χ4n) is 2.83. The summed E-state index contributed by atoms with van der Waals surface area (Å²) in [5.74, 6) is 0.0217. The number of rotatable bonds is 5. The van der Waals surface area contributed by atoms with Crippen molar-refractivity contribution in [2.24, 2.45) is 5.92 Å². The second-order valence-corrected chi connectivity index (χ2v) is 7.07. The van der Waals surface area contributed by atoms with E-state index in [0.717, 1.165) is 5.56 Å². The molecule has 0 radical (unpaired) electrons. The second-order valence-electron chi connectivity index (χ2n) is 6.25. The van der Waals surface area contributed by atoms with Gasteiger partial charge < -0.3 is 10.6 Å². The molecule has 2 atom stereocenters. The summed E-state index contributed by atoms with van der Waals surface area (Å²) in [5.41, 5.74) is 0.807. The third-order valence-electron chi connectivity index (χ3n) is 4.12. The molecule has 1 fully saturated rings. The summed E-state index contributed by atoms with van der Waals surface area (Å²) in [6.07, 6.45) is -3.55. The Morgan fingerprint density at radius 1 is 1.36 bits per heavy atom. The van der Waals surface area contributed by atoms with Crippen LogP contribution in [0.3, 0.4) is 0 Å². The van der Waals surface area contributed by atoms with Gasteiger partial charge in [-0.15, -0.1) is 0 Å². The smallest absolute Gasteiger partial charge is 0.338 e. The minimum Gasteiger partial charge on any atom is -0.338 e. The molecule has 1 aliphatic rings. The minimum atomic E-state index is -4.19. The van der Waals surface area contributed by atoms with Gasteiger partial charge in [-0.25, -0.2) is 4.79 Å². The van der Waals surface area contributed by atoms with Crippen LogP contribution in [0.4, 0.5) is 18.0 Å². The van der Waals surface area contributed by atoms with Gasteiger partial charge in [0.1, 0.15) is 0 Å². The monoisotopic (exact) mass is 397 g/mol. The van der Waals surface area contributed by atoms with Gasteiger partial charge in [0.25, 0.3) is 0 Å². The van der Waals surface area contributed by atoms with Crippen LogP contribution < -0.4 is 10.6 Å². The Balaban J connectivity index is 1.74. The maximum atomic E-state index is 12.4. The summed E-state index contributed by atoms with van der Waals surface area (Å²) in [7, 11) is 0. The van der Waals surface area contributed by atoms with Gasteiger partial charge in [0.05, 0.1) is 22.6 Å². The zero-order valence-electron chi connectivity index (χ0n) is 13.7. The average Bonchev–Trinajstić information content (AvgIpc) is 2.93. The molecule has 25 heavy (non-hydrogen) atoms. The molecule has 1 aromatic rings. The Morgan fingerprint density at radius 3 is 2.72 bits per heavy atom. The summed E-state index contributed by atoms with van der Waals surface area (Å²) >= 11 is 11.8. The predicted octanol–water partition coefficient (Wildman–Crippen LogP) is 4.24. The Labute approximate surface area is 154 Å². The van der Waals surface area contributed by atoms with Crippen molar-refractivity contribution in [3.63, 3.8) is 0 Å². The van der Waals surface area contributed by atoms with E-state index >= 15 is 0 Å². The molecule has 1 saturated heterocycles. The van der Waals surface area contributed by atoms with Gasteiger partial charge in [0, 0.05) is 13.1 Å². The number of nitrogens with one attached hydrogen (secondary N) is 2. The van der Waals surface area contributed by atoms with Crippen LogP contribution in [0.5, 0.6) is 0 Å². The van der Waals surface area contributed by atoms with Gasteiger partial charge in [-0.1, -0.05) is 29.3 Å². The van der Waals surface area contributed by atoms with Crippen molar-refractivity contribution in [3.05, 3.63) is 33.8 Å². The lowest BCUT2D eigenvalue weighted by atomic mass is 10.1. The summed E-state index contributed by atoms with van der Waals surface area (Å²) < 4.78 is 37.1. The summed E-state index contributed by atoms with van der Waals surface area (Å²) in [5, 5.41) is 6.33. The van der Waals surface area contributed by atoms with Gasteiger partial charge in [0.15, 0.2) is 0 Å². The van der Waals surface area contributed by atoms with E-state index in [9.17, 15) is 18.0 Å². The summed E-state index contributed by atoms with van der Waals surface area (Å²) in [6, 6.07) is 4.46. The van der Waals surface area contributed by atoms with E-state index in [2.05, 4.69) is 10.6 Å². The lowest BCUT2D eigenvalue weighted by molar-refractivity contribution is -0.143. The zero-order valence-corrected chi connectivity index (χ0v) is 15.2. The molecule has 1 heterocycles. The highest BCUT2D eigenvalue weighted by Crippen LogP contribution is 2.25. The molecule has 140 valence electrons. The largest absolute Gasteiger partial charge is 0.401 e. The SMILES string of the molecule is C[C@@H](NC(=O)NC[C@@H]1CCN(CC(F)(F)F)C1)c1ccc(Cl)c(Cl)c1. The molecule has 4 nitrogen and oxygen atoms in total. The molecule has 2 N–H and O–H groups in total. The number of likely N-dealkylation sites (tertiary alicyclic amines) is 1. The molecular weight excluding hydrogens is 378 g/mol. The number of carbonyl (C=O) groups excluding carboxylic acids is 1. The second kappa shape index (κ2) is 8.47. The van der Waals surface area contributed by atoms with E-state index in [1.165, 1.54) is 4.90 Å². The van der Waals surface area contributed by atoms with Crippen LogP contribution in [0.25, 0.3) is 0 Å². The van der Waals surface area contributed by atoms with E-state index in [1.807, 2.05) is 0 Å². The molecule has 1 aliphatic heterocycles. The maximum Gasteiger partial charge on any atom is 0.401 e. The molecule has 2 rings (SSSR count). The molecule has 0 spiro atoms. The number of urea groups is 1. The molecular formula is C16H20Cl2F3N3O. The van der Waals surface area contributed by atoms with Crippen LogP contribution in [0.15, 0.2) is 18.2 Å². The number of carbonyl (C=O) groups is 1. The first-order chi connectivity index (χ1) is 11.6. The van der Waals surface area contributed by atoms with Crippen molar-refractivity contribution in [3.8, 4) is 0 Å². The normalized spacial score (nSPS) is 19.7. The third kappa shape index (κ3) is 6.56. The molecule has 2 amide bonds. The van der Waals surface area contributed by atoms with Gasteiger partial charge in [-0.3, -0.25) is 4.90 Å². The van der Waals surface area contributed by atoms with Gasteiger partial charge in [0.2, 0.25) is 0 Å². The fraction of sp³-hybridized carbons (Fsp3) is 0.562. The molecule has 0 unspecified atom stereocenters. The maximum absolute atomic E-state index is 12.4. The standard InChI is InChI=1S/C16H20Cl2F3N3O/c1-10(12-2-3-13(17)14(18)6-12)23-15(25)22-7-11-4-5-24(8-11)9-16(19,20)21/h2-3,6,10-11H,4-5,7-9H2,1H3,(H2,22,23,25)/t10-,11+/m1/s1. The molecule has 0 aromatic heterocycles. The quantitative estimate of drug-likeness (QED) is 0.780.